The van der Waals surface area contributed by atoms with Crippen molar-refractivity contribution < 1.29 is 23.5 Å². The number of aliphatic carboxylic acids is 1. The standard InChI is InChI=1S/C17H23F2NO3/c1-17(2,3)12-7-4-11(5-8-12)6-9-15(21)20-13(16(22)23)10-14(18)19/h4-5,7-8,13-14H,6,9-10H2,1-3H3,(H,20,21)(H,22,23). The summed E-state index contributed by atoms with van der Waals surface area (Å²) in [4.78, 5) is 22.5. The molecular weight excluding hydrogens is 304 g/mol. The van der Waals surface area contributed by atoms with Crippen LogP contribution in [0.15, 0.2) is 24.3 Å². The van der Waals surface area contributed by atoms with Crippen molar-refractivity contribution in [3.63, 3.8) is 0 Å². The third-order valence-corrected chi connectivity index (χ3v) is 3.51. The Labute approximate surface area is 134 Å². The lowest BCUT2D eigenvalue weighted by Gasteiger charge is -2.19. The molecule has 0 saturated heterocycles. The van der Waals surface area contributed by atoms with E-state index in [-0.39, 0.29) is 11.8 Å². The molecule has 0 saturated carbocycles. The van der Waals surface area contributed by atoms with Crippen molar-refractivity contribution in [1.29, 1.82) is 0 Å². The normalized spacial score (nSPS) is 13.0. The summed E-state index contributed by atoms with van der Waals surface area (Å²) in [6.45, 7) is 6.31. The minimum Gasteiger partial charge on any atom is -0.480 e. The number of nitrogens with one attached hydrogen (secondary N) is 1. The van der Waals surface area contributed by atoms with Crippen LogP contribution in [-0.2, 0) is 21.4 Å². The van der Waals surface area contributed by atoms with E-state index in [9.17, 15) is 18.4 Å². The van der Waals surface area contributed by atoms with Crippen LogP contribution < -0.4 is 5.32 Å². The van der Waals surface area contributed by atoms with Crippen LogP contribution in [0.3, 0.4) is 0 Å². The van der Waals surface area contributed by atoms with Crippen LogP contribution in [-0.4, -0.2) is 29.5 Å². The molecule has 1 atom stereocenters. The predicted molar refractivity (Wildman–Crippen MR) is 83.7 cm³/mol. The summed E-state index contributed by atoms with van der Waals surface area (Å²) in [5.41, 5.74) is 2.15. The van der Waals surface area contributed by atoms with Gasteiger partial charge in [0.25, 0.3) is 0 Å². The molecule has 23 heavy (non-hydrogen) atoms. The van der Waals surface area contributed by atoms with Crippen molar-refractivity contribution in [1.82, 2.24) is 5.32 Å². The molecule has 1 aromatic carbocycles. The maximum atomic E-state index is 12.3. The molecule has 0 aliphatic heterocycles. The van der Waals surface area contributed by atoms with Crippen LogP contribution in [0.1, 0.15) is 44.7 Å². The first-order valence-electron chi connectivity index (χ1n) is 7.49. The molecule has 4 nitrogen and oxygen atoms in total. The second-order valence-corrected chi connectivity index (χ2v) is 6.53. The van der Waals surface area contributed by atoms with Gasteiger partial charge in [-0.2, -0.15) is 0 Å². The fourth-order valence-corrected chi connectivity index (χ4v) is 2.10. The summed E-state index contributed by atoms with van der Waals surface area (Å²) < 4.78 is 24.5. The van der Waals surface area contributed by atoms with Crippen molar-refractivity contribution in [2.75, 3.05) is 0 Å². The zero-order valence-electron chi connectivity index (χ0n) is 13.6. The molecule has 1 unspecified atom stereocenters. The zero-order chi connectivity index (χ0) is 17.6. The number of benzene rings is 1. The van der Waals surface area contributed by atoms with Gasteiger partial charge >= 0.3 is 5.97 Å². The lowest BCUT2D eigenvalue weighted by atomic mass is 9.86. The van der Waals surface area contributed by atoms with Gasteiger partial charge in [-0.15, -0.1) is 0 Å². The van der Waals surface area contributed by atoms with Gasteiger partial charge in [-0.05, 0) is 23.0 Å². The highest BCUT2D eigenvalue weighted by Crippen LogP contribution is 2.22. The van der Waals surface area contributed by atoms with E-state index < -0.39 is 30.8 Å². The van der Waals surface area contributed by atoms with Gasteiger partial charge in [0.05, 0.1) is 0 Å². The number of hydrogen-bond acceptors (Lipinski definition) is 2. The largest absolute Gasteiger partial charge is 0.480 e. The molecule has 6 heteroatoms. The van der Waals surface area contributed by atoms with Crippen molar-refractivity contribution >= 4 is 11.9 Å². The molecule has 0 fully saturated rings. The topological polar surface area (TPSA) is 66.4 Å². The van der Waals surface area contributed by atoms with Crippen LogP contribution in [0.5, 0.6) is 0 Å². The molecule has 0 heterocycles. The summed E-state index contributed by atoms with van der Waals surface area (Å²) >= 11 is 0. The monoisotopic (exact) mass is 327 g/mol. The molecular formula is C17H23F2NO3. The minimum atomic E-state index is -2.78. The number of carbonyl (C=O) groups is 2. The molecule has 0 aromatic heterocycles. The quantitative estimate of drug-likeness (QED) is 0.808. The second-order valence-electron chi connectivity index (χ2n) is 6.53. The Morgan fingerprint density at radius 3 is 2.17 bits per heavy atom. The summed E-state index contributed by atoms with van der Waals surface area (Å²) in [6.07, 6.45) is -3.18. The highest BCUT2D eigenvalue weighted by Gasteiger charge is 2.23. The number of carboxylic acid groups (broad SMARTS) is 1. The van der Waals surface area contributed by atoms with E-state index in [1.54, 1.807) is 0 Å². The number of amides is 1. The Morgan fingerprint density at radius 1 is 1.17 bits per heavy atom. The molecule has 0 radical (unpaired) electrons. The first-order valence-corrected chi connectivity index (χ1v) is 7.49. The Kier molecular flexibility index (Phi) is 6.66. The summed E-state index contributed by atoms with van der Waals surface area (Å²) in [5, 5.41) is 11.0. The van der Waals surface area contributed by atoms with Crippen LogP contribution in [0.4, 0.5) is 8.78 Å². The number of rotatable bonds is 7. The fraction of sp³-hybridized carbons (Fsp3) is 0.529. The molecule has 1 rings (SSSR count). The van der Waals surface area contributed by atoms with E-state index in [0.29, 0.717) is 6.42 Å². The van der Waals surface area contributed by atoms with E-state index in [1.165, 1.54) is 5.56 Å². The van der Waals surface area contributed by atoms with E-state index >= 15 is 0 Å². The van der Waals surface area contributed by atoms with Gasteiger partial charge in [-0.3, -0.25) is 4.79 Å². The predicted octanol–water partition coefficient (Wildman–Crippen LogP) is 3.14. The average molecular weight is 327 g/mol. The molecule has 0 aliphatic rings. The first kappa shape index (κ1) is 19.1. The Bertz CT molecular complexity index is 536. The van der Waals surface area contributed by atoms with Crippen molar-refractivity contribution in [2.24, 2.45) is 0 Å². The molecule has 1 amide bonds. The summed E-state index contributed by atoms with van der Waals surface area (Å²) in [6, 6.07) is 6.27. The van der Waals surface area contributed by atoms with Crippen LogP contribution >= 0.6 is 0 Å². The lowest BCUT2D eigenvalue weighted by Crippen LogP contribution is -2.42. The maximum Gasteiger partial charge on any atom is 0.326 e. The number of hydrogen-bond donors (Lipinski definition) is 2. The van der Waals surface area contributed by atoms with Gasteiger partial charge in [0.15, 0.2) is 0 Å². The fourth-order valence-electron chi connectivity index (χ4n) is 2.10. The molecule has 0 spiro atoms. The molecule has 1 aromatic rings. The van der Waals surface area contributed by atoms with E-state index in [4.69, 9.17) is 5.11 Å². The third kappa shape index (κ3) is 6.76. The van der Waals surface area contributed by atoms with Gasteiger partial charge in [0.2, 0.25) is 12.3 Å². The highest BCUT2D eigenvalue weighted by molar-refractivity contribution is 5.83. The second kappa shape index (κ2) is 8.04. The van der Waals surface area contributed by atoms with Crippen LogP contribution in [0, 0.1) is 0 Å². The average Bonchev–Trinajstić information content (AvgIpc) is 2.43. The number of carbonyl (C=O) groups excluding carboxylic acids is 1. The number of halogens is 2. The van der Waals surface area contributed by atoms with E-state index in [1.807, 2.05) is 24.3 Å². The minimum absolute atomic E-state index is 0.0416. The van der Waals surface area contributed by atoms with Gasteiger partial charge in [0.1, 0.15) is 6.04 Å². The lowest BCUT2D eigenvalue weighted by molar-refractivity contribution is -0.143. The number of aryl methyl sites for hydroxylation is 1. The molecule has 0 bridgehead atoms. The molecule has 2 N–H and O–H groups in total. The Hall–Kier alpha value is -1.98. The van der Waals surface area contributed by atoms with Crippen LogP contribution in [0.25, 0.3) is 0 Å². The SMILES string of the molecule is CC(C)(C)c1ccc(CCC(=O)NC(CC(F)F)C(=O)O)cc1. The summed E-state index contributed by atoms with van der Waals surface area (Å²) in [5.74, 6) is -1.99. The van der Waals surface area contributed by atoms with Gasteiger partial charge in [0, 0.05) is 12.8 Å². The zero-order valence-corrected chi connectivity index (χ0v) is 13.6. The number of alkyl halides is 2. The van der Waals surface area contributed by atoms with Gasteiger partial charge < -0.3 is 10.4 Å². The van der Waals surface area contributed by atoms with E-state index in [2.05, 4.69) is 26.1 Å². The van der Waals surface area contributed by atoms with Crippen molar-refractivity contribution in [3.05, 3.63) is 35.4 Å². The molecule has 0 aliphatic carbocycles. The first-order chi connectivity index (χ1) is 10.6. The maximum absolute atomic E-state index is 12.3. The Balaban J connectivity index is 2.54. The number of carboxylic acids is 1. The smallest absolute Gasteiger partial charge is 0.326 e. The third-order valence-electron chi connectivity index (χ3n) is 3.51. The summed E-state index contributed by atoms with van der Waals surface area (Å²) in [7, 11) is 0. The van der Waals surface area contributed by atoms with Gasteiger partial charge in [-0.25, -0.2) is 13.6 Å². The van der Waals surface area contributed by atoms with Crippen molar-refractivity contribution in [3.8, 4) is 0 Å². The molecule has 128 valence electrons. The van der Waals surface area contributed by atoms with Gasteiger partial charge in [-0.1, -0.05) is 45.0 Å². The van der Waals surface area contributed by atoms with Crippen molar-refractivity contribution in [2.45, 2.75) is 57.9 Å². The Morgan fingerprint density at radius 2 is 1.74 bits per heavy atom. The highest BCUT2D eigenvalue weighted by atomic mass is 19.3. The van der Waals surface area contributed by atoms with E-state index in [0.717, 1.165) is 5.56 Å². The van der Waals surface area contributed by atoms with Crippen LogP contribution in [0.2, 0.25) is 0 Å².